The Morgan fingerprint density at radius 3 is 3.09 bits per heavy atom. The molecule has 1 rings (SSSR count). The lowest BCUT2D eigenvalue weighted by molar-refractivity contribution is 0.406. The van der Waals surface area contributed by atoms with Gasteiger partial charge < -0.3 is 4.74 Å². The number of hydrogen-bond donors (Lipinski definition) is 0. The molecular formula is C7H6N2OS. The van der Waals surface area contributed by atoms with E-state index in [0.29, 0.717) is 5.90 Å². The SMILES string of the molecule is COC(=NC#N)c1cccs1. The van der Waals surface area contributed by atoms with Crippen LogP contribution in [0.4, 0.5) is 0 Å². The molecule has 0 saturated carbocycles. The van der Waals surface area contributed by atoms with Gasteiger partial charge in [-0.05, 0) is 11.4 Å². The summed E-state index contributed by atoms with van der Waals surface area (Å²) in [5.74, 6) is 0.377. The number of ether oxygens (including phenoxy) is 1. The summed E-state index contributed by atoms with van der Waals surface area (Å²) in [6, 6.07) is 3.73. The Kier molecular flexibility index (Phi) is 2.64. The second-order valence-corrected chi connectivity index (χ2v) is 2.65. The number of rotatable bonds is 1. The minimum absolute atomic E-state index is 0.377. The third kappa shape index (κ3) is 1.79. The fourth-order valence-electron chi connectivity index (χ4n) is 0.647. The Labute approximate surface area is 68.6 Å². The van der Waals surface area contributed by atoms with Crippen molar-refractivity contribution in [1.29, 1.82) is 5.26 Å². The lowest BCUT2D eigenvalue weighted by Gasteiger charge is -1.96. The van der Waals surface area contributed by atoms with Crippen molar-refractivity contribution in [1.82, 2.24) is 0 Å². The maximum Gasteiger partial charge on any atom is 0.241 e. The lowest BCUT2D eigenvalue weighted by Crippen LogP contribution is -1.99. The highest BCUT2D eigenvalue weighted by Crippen LogP contribution is 2.09. The molecule has 3 nitrogen and oxygen atoms in total. The third-order valence-corrected chi connectivity index (χ3v) is 1.93. The van der Waals surface area contributed by atoms with E-state index in [0.717, 1.165) is 4.88 Å². The van der Waals surface area contributed by atoms with Crippen LogP contribution in [-0.4, -0.2) is 13.0 Å². The van der Waals surface area contributed by atoms with Crippen LogP contribution >= 0.6 is 11.3 Å². The van der Waals surface area contributed by atoms with Gasteiger partial charge >= 0.3 is 0 Å². The van der Waals surface area contributed by atoms with E-state index in [9.17, 15) is 0 Å². The Bertz CT molecular complexity index is 284. The van der Waals surface area contributed by atoms with Crippen molar-refractivity contribution >= 4 is 17.2 Å². The normalized spacial score (nSPS) is 10.7. The highest BCUT2D eigenvalue weighted by molar-refractivity contribution is 7.12. The summed E-state index contributed by atoms with van der Waals surface area (Å²) >= 11 is 1.49. The van der Waals surface area contributed by atoms with Gasteiger partial charge in [0.05, 0.1) is 12.0 Å². The molecule has 4 heteroatoms. The van der Waals surface area contributed by atoms with Crippen molar-refractivity contribution in [3.8, 4) is 6.19 Å². The Morgan fingerprint density at radius 2 is 2.64 bits per heavy atom. The zero-order valence-electron chi connectivity index (χ0n) is 5.94. The summed E-state index contributed by atoms with van der Waals surface area (Å²) in [5, 5.41) is 10.2. The molecule has 0 unspecified atom stereocenters. The van der Waals surface area contributed by atoms with Gasteiger partial charge in [-0.3, -0.25) is 0 Å². The molecule has 0 aliphatic carbocycles. The maximum atomic E-state index is 8.25. The molecule has 56 valence electrons. The molecule has 0 aromatic carbocycles. The van der Waals surface area contributed by atoms with Gasteiger partial charge in [0.25, 0.3) is 0 Å². The smallest absolute Gasteiger partial charge is 0.241 e. The average molecular weight is 166 g/mol. The van der Waals surface area contributed by atoms with Crippen molar-refractivity contribution in [2.24, 2.45) is 4.99 Å². The van der Waals surface area contributed by atoms with Crippen molar-refractivity contribution in [3.63, 3.8) is 0 Å². The van der Waals surface area contributed by atoms with Gasteiger partial charge in [-0.15, -0.1) is 16.3 Å². The van der Waals surface area contributed by atoms with Crippen molar-refractivity contribution in [2.45, 2.75) is 0 Å². The standard InChI is InChI=1S/C7H6N2OS/c1-10-7(9-5-8)6-3-2-4-11-6/h2-4H,1H3. The van der Waals surface area contributed by atoms with E-state index in [-0.39, 0.29) is 0 Å². The quantitative estimate of drug-likeness (QED) is 0.361. The molecule has 0 aliphatic rings. The predicted octanol–water partition coefficient (Wildman–Crippen LogP) is 1.62. The average Bonchev–Trinajstić information content (AvgIpc) is 2.52. The minimum atomic E-state index is 0.377. The molecule has 11 heavy (non-hydrogen) atoms. The fraction of sp³-hybridized carbons (Fsp3) is 0.143. The van der Waals surface area contributed by atoms with E-state index in [1.165, 1.54) is 18.4 Å². The summed E-state index contributed by atoms with van der Waals surface area (Å²) in [5.41, 5.74) is 0. The second kappa shape index (κ2) is 3.74. The van der Waals surface area contributed by atoms with Crippen LogP contribution in [0.25, 0.3) is 0 Å². The summed E-state index contributed by atoms with van der Waals surface area (Å²) in [6.45, 7) is 0. The van der Waals surface area contributed by atoms with Gasteiger partial charge in [0, 0.05) is 0 Å². The first-order chi connectivity index (χ1) is 5.38. The van der Waals surface area contributed by atoms with Crippen LogP contribution in [0.2, 0.25) is 0 Å². The van der Waals surface area contributed by atoms with Gasteiger partial charge in [-0.25, -0.2) is 0 Å². The van der Waals surface area contributed by atoms with Crippen LogP contribution in [0.15, 0.2) is 22.5 Å². The van der Waals surface area contributed by atoms with Gasteiger partial charge in [-0.1, -0.05) is 6.07 Å². The molecular weight excluding hydrogens is 160 g/mol. The highest BCUT2D eigenvalue weighted by atomic mass is 32.1. The number of methoxy groups -OCH3 is 1. The summed E-state index contributed by atoms with van der Waals surface area (Å²) in [7, 11) is 1.50. The van der Waals surface area contributed by atoms with Crippen LogP contribution in [0.1, 0.15) is 4.88 Å². The molecule has 0 N–H and O–H groups in total. The Morgan fingerprint density at radius 1 is 1.82 bits per heavy atom. The highest BCUT2D eigenvalue weighted by Gasteiger charge is 2.02. The summed E-state index contributed by atoms with van der Waals surface area (Å²) in [4.78, 5) is 4.36. The maximum absolute atomic E-state index is 8.25. The molecule has 0 atom stereocenters. The fourth-order valence-corrected chi connectivity index (χ4v) is 1.34. The second-order valence-electron chi connectivity index (χ2n) is 1.70. The van der Waals surface area contributed by atoms with Crippen molar-refractivity contribution in [2.75, 3.05) is 7.11 Å². The summed E-state index contributed by atoms with van der Waals surface area (Å²) in [6.07, 6.45) is 1.68. The van der Waals surface area contributed by atoms with Crippen LogP contribution in [0.5, 0.6) is 0 Å². The first-order valence-electron chi connectivity index (χ1n) is 2.93. The Balaban J connectivity index is 2.91. The Hall–Kier alpha value is -1.34. The molecule has 0 bridgehead atoms. The molecule has 0 aliphatic heterocycles. The van der Waals surface area contributed by atoms with Gasteiger partial charge in [0.2, 0.25) is 12.1 Å². The first-order valence-corrected chi connectivity index (χ1v) is 3.81. The molecule has 1 aromatic rings. The molecule has 0 radical (unpaired) electrons. The van der Waals surface area contributed by atoms with Gasteiger partial charge in [-0.2, -0.15) is 5.26 Å². The monoisotopic (exact) mass is 166 g/mol. The first kappa shape index (κ1) is 7.76. The number of hydrogen-bond acceptors (Lipinski definition) is 4. The molecule has 0 spiro atoms. The number of aliphatic imine (C=N–C) groups is 1. The minimum Gasteiger partial charge on any atom is -0.479 e. The third-order valence-electron chi connectivity index (χ3n) is 1.08. The molecule has 1 heterocycles. The number of nitrogens with zero attached hydrogens (tertiary/aromatic N) is 2. The van der Waals surface area contributed by atoms with Gasteiger partial charge in [0.15, 0.2) is 0 Å². The molecule has 1 aromatic heterocycles. The topological polar surface area (TPSA) is 45.4 Å². The molecule has 0 amide bonds. The van der Waals surface area contributed by atoms with Crippen LogP contribution < -0.4 is 0 Å². The van der Waals surface area contributed by atoms with E-state index >= 15 is 0 Å². The summed E-state index contributed by atoms with van der Waals surface area (Å²) < 4.78 is 4.87. The van der Waals surface area contributed by atoms with Crippen LogP contribution in [-0.2, 0) is 4.74 Å². The van der Waals surface area contributed by atoms with Crippen LogP contribution in [0.3, 0.4) is 0 Å². The van der Waals surface area contributed by atoms with E-state index in [1.807, 2.05) is 17.5 Å². The molecule has 0 fully saturated rings. The van der Waals surface area contributed by atoms with E-state index in [1.54, 1.807) is 6.19 Å². The zero-order valence-corrected chi connectivity index (χ0v) is 6.76. The number of thiophene rings is 1. The van der Waals surface area contributed by atoms with E-state index in [2.05, 4.69) is 4.99 Å². The van der Waals surface area contributed by atoms with E-state index < -0.39 is 0 Å². The lowest BCUT2D eigenvalue weighted by atomic mass is 10.5. The largest absolute Gasteiger partial charge is 0.479 e. The van der Waals surface area contributed by atoms with Crippen molar-refractivity contribution < 1.29 is 4.74 Å². The number of nitriles is 1. The molecule has 0 saturated heterocycles. The van der Waals surface area contributed by atoms with Crippen LogP contribution in [0, 0.1) is 11.5 Å². The van der Waals surface area contributed by atoms with E-state index in [4.69, 9.17) is 10.00 Å². The zero-order chi connectivity index (χ0) is 8.10. The van der Waals surface area contributed by atoms with Crippen molar-refractivity contribution in [3.05, 3.63) is 22.4 Å². The van der Waals surface area contributed by atoms with Gasteiger partial charge in [0.1, 0.15) is 0 Å². The predicted molar refractivity (Wildman–Crippen MR) is 43.5 cm³/mol.